The molecule has 1 rings (SSSR count). The Morgan fingerprint density at radius 2 is 2.36 bits per heavy atom. The van der Waals surface area contributed by atoms with Crippen molar-refractivity contribution in [2.75, 3.05) is 19.8 Å². The number of ether oxygens (including phenoxy) is 2. The summed E-state index contributed by atoms with van der Waals surface area (Å²) in [5.41, 5.74) is 0. The molecule has 0 spiro atoms. The second-order valence-corrected chi connectivity index (χ2v) is 3.66. The highest BCUT2D eigenvalue weighted by Gasteiger charge is 2.16. The lowest BCUT2D eigenvalue weighted by atomic mass is 10.1. The summed E-state index contributed by atoms with van der Waals surface area (Å²) in [6.07, 6.45) is 4.71. The van der Waals surface area contributed by atoms with Gasteiger partial charge in [0.2, 0.25) is 0 Å². The summed E-state index contributed by atoms with van der Waals surface area (Å²) in [5, 5.41) is 0. The van der Waals surface area contributed by atoms with E-state index in [2.05, 4.69) is 0 Å². The molecule has 1 saturated heterocycles. The van der Waals surface area contributed by atoms with Crippen LogP contribution in [-0.4, -0.2) is 31.7 Å². The van der Waals surface area contributed by atoms with Gasteiger partial charge in [-0.3, -0.25) is 4.79 Å². The van der Waals surface area contributed by atoms with E-state index in [1.165, 1.54) is 0 Å². The monoisotopic (exact) mass is 200 g/mol. The molecule has 3 nitrogen and oxygen atoms in total. The van der Waals surface area contributed by atoms with E-state index in [1.54, 1.807) is 0 Å². The second kappa shape index (κ2) is 6.96. The van der Waals surface area contributed by atoms with E-state index in [0.29, 0.717) is 37.9 Å². The summed E-state index contributed by atoms with van der Waals surface area (Å²) in [4.78, 5) is 11.3. The van der Waals surface area contributed by atoms with Crippen LogP contribution in [0.4, 0.5) is 0 Å². The third-order valence-electron chi connectivity index (χ3n) is 2.50. The molecule has 0 radical (unpaired) electrons. The Bertz CT molecular complexity index is 162. The number of carbonyl (C=O) groups excluding carboxylic acids is 1. The number of rotatable bonds is 7. The van der Waals surface area contributed by atoms with Gasteiger partial charge in [-0.15, -0.1) is 0 Å². The van der Waals surface area contributed by atoms with Crippen LogP contribution >= 0.6 is 0 Å². The fraction of sp³-hybridized carbons (Fsp3) is 0.909. The van der Waals surface area contributed by atoms with Crippen molar-refractivity contribution in [3.63, 3.8) is 0 Å². The van der Waals surface area contributed by atoms with Gasteiger partial charge in [0.15, 0.2) is 0 Å². The molecular weight excluding hydrogens is 180 g/mol. The molecule has 1 heterocycles. The van der Waals surface area contributed by atoms with Crippen LogP contribution in [-0.2, 0) is 14.3 Å². The van der Waals surface area contributed by atoms with E-state index >= 15 is 0 Å². The SMILES string of the molecule is CCOCCC(=O)CCC1CCCO1. The molecule has 1 aliphatic rings. The standard InChI is InChI=1S/C11H20O3/c1-2-13-9-7-10(12)5-6-11-4-3-8-14-11/h11H,2-9H2,1H3. The highest BCUT2D eigenvalue weighted by atomic mass is 16.5. The first-order valence-corrected chi connectivity index (χ1v) is 5.54. The maximum atomic E-state index is 11.3. The van der Waals surface area contributed by atoms with E-state index in [0.717, 1.165) is 25.9 Å². The first kappa shape index (κ1) is 11.7. The lowest BCUT2D eigenvalue weighted by Gasteiger charge is -2.07. The largest absolute Gasteiger partial charge is 0.381 e. The normalized spacial score (nSPS) is 21.4. The maximum Gasteiger partial charge on any atom is 0.135 e. The number of hydrogen-bond donors (Lipinski definition) is 0. The van der Waals surface area contributed by atoms with Gasteiger partial charge in [-0.1, -0.05) is 0 Å². The lowest BCUT2D eigenvalue weighted by Crippen LogP contribution is -2.10. The molecule has 0 aromatic carbocycles. The Morgan fingerprint density at radius 3 is 3.00 bits per heavy atom. The van der Waals surface area contributed by atoms with Gasteiger partial charge >= 0.3 is 0 Å². The van der Waals surface area contributed by atoms with Crippen LogP contribution in [0.3, 0.4) is 0 Å². The van der Waals surface area contributed by atoms with E-state index in [4.69, 9.17) is 9.47 Å². The molecule has 1 atom stereocenters. The molecule has 82 valence electrons. The molecular formula is C11H20O3. The van der Waals surface area contributed by atoms with Crippen molar-refractivity contribution in [2.24, 2.45) is 0 Å². The molecule has 0 N–H and O–H groups in total. The zero-order valence-electron chi connectivity index (χ0n) is 8.96. The summed E-state index contributed by atoms with van der Waals surface area (Å²) in [5.74, 6) is 0.300. The Balaban J connectivity index is 1.96. The van der Waals surface area contributed by atoms with Crippen LogP contribution in [0.2, 0.25) is 0 Å². The zero-order chi connectivity index (χ0) is 10.2. The van der Waals surface area contributed by atoms with Crippen LogP contribution in [0.5, 0.6) is 0 Å². The first-order chi connectivity index (χ1) is 6.83. The molecule has 0 aromatic heterocycles. The lowest BCUT2D eigenvalue weighted by molar-refractivity contribution is -0.120. The number of hydrogen-bond acceptors (Lipinski definition) is 3. The van der Waals surface area contributed by atoms with Gasteiger partial charge in [0.25, 0.3) is 0 Å². The van der Waals surface area contributed by atoms with Crippen molar-refractivity contribution < 1.29 is 14.3 Å². The van der Waals surface area contributed by atoms with Gasteiger partial charge in [0, 0.05) is 26.1 Å². The minimum atomic E-state index is 0.300. The highest BCUT2D eigenvalue weighted by Crippen LogP contribution is 2.17. The molecule has 1 aliphatic heterocycles. The Hall–Kier alpha value is -0.410. The van der Waals surface area contributed by atoms with Crippen molar-refractivity contribution in [3.05, 3.63) is 0 Å². The predicted octanol–water partition coefficient (Wildman–Crippen LogP) is 1.94. The Labute approximate surface area is 85.8 Å². The molecule has 0 aliphatic carbocycles. The second-order valence-electron chi connectivity index (χ2n) is 3.66. The fourth-order valence-electron chi connectivity index (χ4n) is 1.65. The van der Waals surface area contributed by atoms with E-state index < -0.39 is 0 Å². The van der Waals surface area contributed by atoms with Crippen LogP contribution in [0, 0.1) is 0 Å². The van der Waals surface area contributed by atoms with Crippen LogP contribution in [0.15, 0.2) is 0 Å². The van der Waals surface area contributed by atoms with E-state index in [-0.39, 0.29) is 0 Å². The van der Waals surface area contributed by atoms with Crippen molar-refractivity contribution in [3.8, 4) is 0 Å². The third kappa shape index (κ3) is 4.72. The summed E-state index contributed by atoms with van der Waals surface area (Å²) in [6.45, 7) is 4.08. The van der Waals surface area contributed by atoms with Gasteiger partial charge in [0.1, 0.15) is 5.78 Å². The number of ketones is 1. The third-order valence-corrected chi connectivity index (χ3v) is 2.50. The summed E-state index contributed by atoms with van der Waals surface area (Å²) >= 11 is 0. The summed E-state index contributed by atoms with van der Waals surface area (Å²) in [7, 11) is 0. The van der Waals surface area contributed by atoms with E-state index in [1.807, 2.05) is 6.92 Å². The molecule has 3 heteroatoms. The molecule has 1 unspecified atom stereocenters. The molecule has 1 fully saturated rings. The maximum absolute atomic E-state index is 11.3. The van der Waals surface area contributed by atoms with Gasteiger partial charge < -0.3 is 9.47 Å². The summed E-state index contributed by atoms with van der Waals surface area (Å²) in [6, 6.07) is 0. The average Bonchev–Trinajstić information content (AvgIpc) is 2.68. The fourth-order valence-corrected chi connectivity index (χ4v) is 1.65. The van der Waals surface area contributed by atoms with Crippen LogP contribution < -0.4 is 0 Å². The molecule has 0 aromatic rings. The minimum absolute atomic E-state index is 0.300. The van der Waals surface area contributed by atoms with Crippen LogP contribution in [0.25, 0.3) is 0 Å². The van der Waals surface area contributed by atoms with Gasteiger partial charge in [-0.25, -0.2) is 0 Å². The van der Waals surface area contributed by atoms with Crippen molar-refractivity contribution in [2.45, 2.75) is 45.1 Å². The average molecular weight is 200 g/mol. The van der Waals surface area contributed by atoms with E-state index in [9.17, 15) is 4.79 Å². The van der Waals surface area contributed by atoms with Crippen molar-refractivity contribution in [1.82, 2.24) is 0 Å². The van der Waals surface area contributed by atoms with Crippen molar-refractivity contribution >= 4 is 5.78 Å². The topological polar surface area (TPSA) is 35.5 Å². The number of carbonyl (C=O) groups is 1. The number of Topliss-reactive ketones (excluding diaryl/α,β-unsaturated/α-hetero) is 1. The molecule has 0 bridgehead atoms. The molecule has 0 saturated carbocycles. The zero-order valence-corrected chi connectivity index (χ0v) is 8.96. The van der Waals surface area contributed by atoms with Crippen molar-refractivity contribution in [1.29, 1.82) is 0 Å². The predicted molar refractivity (Wildman–Crippen MR) is 54.3 cm³/mol. The van der Waals surface area contributed by atoms with Crippen LogP contribution in [0.1, 0.15) is 39.0 Å². The highest BCUT2D eigenvalue weighted by molar-refractivity contribution is 5.78. The first-order valence-electron chi connectivity index (χ1n) is 5.54. The van der Waals surface area contributed by atoms with Gasteiger partial charge in [0.05, 0.1) is 12.7 Å². The van der Waals surface area contributed by atoms with Gasteiger partial charge in [-0.2, -0.15) is 0 Å². The Kier molecular flexibility index (Phi) is 5.80. The quantitative estimate of drug-likeness (QED) is 0.589. The smallest absolute Gasteiger partial charge is 0.135 e. The molecule has 0 amide bonds. The molecule has 14 heavy (non-hydrogen) atoms. The Morgan fingerprint density at radius 1 is 1.50 bits per heavy atom. The minimum Gasteiger partial charge on any atom is -0.381 e. The van der Waals surface area contributed by atoms with Gasteiger partial charge in [-0.05, 0) is 26.2 Å². The summed E-state index contributed by atoms with van der Waals surface area (Å²) < 4.78 is 10.6.